The molecule has 1 fully saturated rings. The monoisotopic (exact) mass is 272 g/mol. The molecule has 1 aromatic rings. The van der Waals surface area contributed by atoms with E-state index in [1.165, 1.54) is 25.7 Å². The SMILES string of the molecule is CCCCN(c1cc(Cl)c(Cl)cc1N)C1CC1. The molecule has 0 radical (unpaired) electrons. The molecular formula is C13H18Cl2N2. The zero-order valence-electron chi connectivity index (χ0n) is 10.0. The van der Waals surface area contributed by atoms with E-state index in [1.54, 1.807) is 6.07 Å². The van der Waals surface area contributed by atoms with Gasteiger partial charge in [-0.25, -0.2) is 0 Å². The van der Waals surface area contributed by atoms with Crippen LogP contribution in [-0.2, 0) is 0 Å². The molecule has 1 aromatic carbocycles. The summed E-state index contributed by atoms with van der Waals surface area (Å²) < 4.78 is 0. The molecule has 2 nitrogen and oxygen atoms in total. The maximum atomic E-state index is 6.07. The van der Waals surface area contributed by atoms with Gasteiger partial charge in [0.25, 0.3) is 0 Å². The highest BCUT2D eigenvalue weighted by Gasteiger charge is 2.30. The Kier molecular flexibility index (Phi) is 4.05. The van der Waals surface area contributed by atoms with Gasteiger partial charge in [0.15, 0.2) is 0 Å². The van der Waals surface area contributed by atoms with Gasteiger partial charge in [-0.05, 0) is 31.4 Å². The summed E-state index contributed by atoms with van der Waals surface area (Å²) in [5.74, 6) is 0. The second kappa shape index (κ2) is 5.36. The van der Waals surface area contributed by atoms with Crippen LogP contribution in [0.15, 0.2) is 12.1 Å². The number of benzene rings is 1. The number of anilines is 2. The van der Waals surface area contributed by atoms with Crippen LogP contribution < -0.4 is 10.6 Å². The van der Waals surface area contributed by atoms with Crippen LogP contribution in [0.5, 0.6) is 0 Å². The predicted octanol–water partition coefficient (Wildman–Crippen LogP) is 4.34. The van der Waals surface area contributed by atoms with Crippen LogP contribution in [0.3, 0.4) is 0 Å². The normalized spacial score (nSPS) is 15.0. The molecule has 0 heterocycles. The Bertz CT molecular complexity index is 403. The van der Waals surface area contributed by atoms with Crippen molar-refractivity contribution in [2.24, 2.45) is 0 Å². The van der Waals surface area contributed by atoms with Gasteiger partial charge in [0.2, 0.25) is 0 Å². The molecule has 0 amide bonds. The van der Waals surface area contributed by atoms with E-state index in [4.69, 9.17) is 28.9 Å². The Hall–Kier alpha value is -0.600. The van der Waals surface area contributed by atoms with Crippen LogP contribution in [0.1, 0.15) is 32.6 Å². The minimum atomic E-state index is 0.527. The lowest BCUT2D eigenvalue weighted by Crippen LogP contribution is -2.27. The molecule has 17 heavy (non-hydrogen) atoms. The average molecular weight is 273 g/mol. The van der Waals surface area contributed by atoms with Crippen LogP contribution in [-0.4, -0.2) is 12.6 Å². The summed E-state index contributed by atoms with van der Waals surface area (Å²) in [6.45, 7) is 3.24. The van der Waals surface area contributed by atoms with Crippen molar-refractivity contribution in [2.75, 3.05) is 17.2 Å². The number of hydrogen-bond donors (Lipinski definition) is 1. The molecule has 0 bridgehead atoms. The average Bonchev–Trinajstić information content (AvgIpc) is 3.10. The van der Waals surface area contributed by atoms with Crippen molar-refractivity contribution < 1.29 is 0 Å². The van der Waals surface area contributed by atoms with Gasteiger partial charge >= 0.3 is 0 Å². The number of hydrogen-bond acceptors (Lipinski definition) is 2. The lowest BCUT2D eigenvalue weighted by Gasteiger charge is -2.26. The van der Waals surface area contributed by atoms with Crippen LogP contribution in [0.25, 0.3) is 0 Å². The fourth-order valence-electron chi connectivity index (χ4n) is 2.01. The number of rotatable bonds is 5. The zero-order chi connectivity index (χ0) is 12.4. The molecular weight excluding hydrogens is 255 g/mol. The number of nitrogen functional groups attached to an aromatic ring is 1. The van der Waals surface area contributed by atoms with Crippen molar-refractivity contribution in [3.05, 3.63) is 22.2 Å². The van der Waals surface area contributed by atoms with Crippen LogP contribution >= 0.6 is 23.2 Å². The van der Waals surface area contributed by atoms with Gasteiger partial charge in [0.1, 0.15) is 0 Å². The molecule has 0 unspecified atom stereocenters. The third kappa shape index (κ3) is 2.99. The van der Waals surface area contributed by atoms with Crippen molar-refractivity contribution in [1.29, 1.82) is 0 Å². The van der Waals surface area contributed by atoms with Crippen molar-refractivity contribution in [1.82, 2.24) is 0 Å². The van der Waals surface area contributed by atoms with Crippen LogP contribution in [0, 0.1) is 0 Å². The van der Waals surface area contributed by atoms with Crippen molar-refractivity contribution in [3.63, 3.8) is 0 Å². The summed E-state index contributed by atoms with van der Waals surface area (Å²) in [4.78, 5) is 2.38. The Morgan fingerprint density at radius 3 is 2.53 bits per heavy atom. The van der Waals surface area contributed by atoms with E-state index in [2.05, 4.69) is 11.8 Å². The first-order valence-electron chi connectivity index (χ1n) is 6.14. The summed E-state index contributed by atoms with van der Waals surface area (Å²) >= 11 is 12.0. The second-order valence-corrected chi connectivity index (χ2v) is 5.42. The molecule has 0 atom stereocenters. The summed E-state index contributed by atoms with van der Waals surface area (Å²) in [5.41, 5.74) is 7.81. The highest BCUT2D eigenvalue weighted by Crippen LogP contribution is 2.38. The summed E-state index contributed by atoms with van der Waals surface area (Å²) in [6.07, 6.45) is 4.87. The van der Waals surface area contributed by atoms with Crippen LogP contribution in [0.2, 0.25) is 10.0 Å². The number of nitrogens with zero attached hydrogens (tertiary/aromatic N) is 1. The van der Waals surface area contributed by atoms with Gasteiger partial charge in [-0.15, -0.1) is 0 Å². The smallest absolute Gasteiger partial charge is 0.0618 e. The van der Waals surface area contributed by atoms with Gasteiger partial charge in [-0.3, -0.25) is 0 Å². The Morgan fingerprint density at radius 1 is 1.29 bits per heavy atom. The first-order chi connectivity index (χ1) is 8.13. The van der Waals surface area contributed by atoms with Crippen molar-refractivity contribution in [2.45, 2.75) is 38.6 Å². The van der Waals surface area contributed by atoms with Gasteiger partial charge in [0.05, 0.1) is 21.4 Å². The molecule has 2 rings (SSSR count). The second-order valence-electron chi connectivity index (χ2n) is 4.60. The maximum absolute atomic E-state index is 6.07. The van der Waals surface area contributed by atoms with Crippen molar-refractivity contribution >= 4 is 34.6 Å². The van der Waals surface area contributed by atoms with E-state index >= 15 is 0 Å². The fourth-order valence-corrected chi connectivity index (χ4v) is 2.34. The highest BCUT2D eigenvalue weighted by molar-refractivity contribution is 6.42. The van der Waals surface area contributed by atoms with E-state index < -0.39 is 0 Å². The molecule has 1 aliphatic carbocycles. The minimum absolute atomic E-state index is 0.527. The van der Waals surface area contributed by atoms with E-state index in [-0.39, 0.29) is 0 Å². The van der Waals surface area contributed by atoms with E-state index in [9.17, 15) is 0 Å². The standard InChI is InChI=1S/C13H18Cl2N2/c1-2-3-6-17(9-4-5-9)13-8-11(15)10(14)7-12(13)16/h7-9H,2-6,16H2,1H3. The molecule has 4 heteroatoms. The molecule has 94 valence electrons. The summed E-state index contributed by atoms with van der Waals surface area (Å²) in [7, 11) is 0. The molecule has 0 saturated heterocycles. The first-order valence-corrected chi connectivity index (χ1v) is 6.90. The zero-order valence-corrected chi connectivity index (χ0v) is 11.6. The summed E-state index contributed by atoms with van der Waals surface area (Å²) in [5, 5.41) is 1.11. The molecule has 0 spiro atoms. The molecule has 2 N–H and O–H groups in total. The van der Waals surface area contributed by atoms with Crippen molar-refractivity contribution in [3.8, 4) is 0 Å². The molecule has 1 saturated carbocycles. The first kappa shape index (κ1) is 12.8. The minimum Gasteiger partial charge on any atom is -0.397 e. The third-order valence-electron chi connectivity index (χ3n) is 3.12. The molecule has 0 aromatic heterocycles. The van der Waals surface area contributed by atoms with E-state index in [0.717, 1.165) is 17.9 Å². The molecule has 0 aliphatic heterocycles. The van der Waals surface area contributed by atoms with Gasteiger partial charge in [-0.1, -0.05) is 36.5 Å². The number of halogens is 2. The Morgan fingerprint density at radius 2 is 1.94 bits per heavy atom. The summed E-state index contributed by atoms with van der Waals surface area (Å²) in [6, 6.07) is 4.29. The molecule has 1 aliphatic rings. The lowest BCUT2D eigenvalue weighted by atomic mass is 10.2. The number of unbranched alkanes of at least 4 members (excludes halogenated alkanes) is 1. The Balaban J connectivity index is 2.25. The Labute approximate surface area is 113 Å². The highest BCUT2D eigenvalue weighted by atomic mass is 35.5. The third-order valence-corrected chi connectivity index (χ3v) is 3.84. The van der Waals surface area contributed by atoms with E-state index in [1.807, 2.05) is 6.07 Å². The van der Waals surface area contributed by atoms with Gasteiger partial charge in [-0.2, -0.15) is 0 Å². The largest absolute Gasteiger partial charge is 0.397 e. The topological polar surface area (TPSA) is 29.3 Å². The lowest BCUT2D eigenvalue weighted by molar-refractivity contribution is 0.714. The number of nitrogens with two attached hydrogens (primary N) is 1. The van der Waals surface area contributed by atoms with Crippen LogP contribution in [0.4, 0.5) is 11.4 Å². The fraction of sp³-hybridized carbons (Fsp3) is 0.538. The van der Waals surface area contributed by atoms with Gasteiger partial charge < -0.3 is 10.6 Å². The van der Waals surface area contributed by atoms with Gasteiger partial charge in [0, 0.05) is 12.6 Å². The predicted molar refractivity (Wildman–Crippen MR) is 76.2 cm³/mol. The maximum Gasteiger partial charge on any atom is 0.0618 e. The van der Waals surface area contributed by atoms with E-state index in [0.29, 0.717) is 16.1 Å². The quantitative estimate of drug-likeness (QED) is 0.808.